The highest BCUT2D eigenvalue weighted by molar-refractivity contribution is 7.99. The van der Waals surface area contributed by atoms with Crippen LogP contribution in [0.4, 0.5) is 0 Å². The monoisotopic (exact) mass is 347 g/mol. The van der Waals surface area contributed by atoms with E-state index in [9.17, 15) is 9.59 Å². The third kappa shape index (κ3) is 5.55. The summed E-state index contributed by atoms with van der Waals surface area (Å²) < 4.78 is 5.22. The van der Waals surface area contributed by atoms with Crippen LogP contribution in [0, 0.1) is 11.3 Å². The molecule has 1 N–H and O–H groups in total. The minimum atomic E-state index is -0.518. The Hall–Kier alpha value is -2.04. The smallest absolute Gasteiger partial charge is 0.245 e. The number of nitrogens with one attached hydrogen (secondary N) is 1. The van der Waals surface area contributed by atoms with Crippen molar-refractivity contribution in [3.8, 4) is 6.07 Å². The standard InChI is InChI=1S/C17H21N3O3S/c1-13(17(22)20-7-9-23-10-8-20)19-16(21)6-11-24-15-4-2-14(12-18)3-5-15/h2-5,13H,6-11H2,1H3,(H,19,21)/t13-/m0/s1. The number of carbonyl (C=O) groups excluding carboxylic acids is 2. The number of benzene rings is 1. The van der Waals surface area contributed by atoms with Gasteiger partial charge in [0.05, 0.1) is 24.8 Å². The van der Waals surface area contributed by atoms with Gasteiger partial charge < -0.3 is 15.0 Å². The lowest BCUT2D eigenvalue weighted by molar-refractivity contribution is -0.139. The fraction of sp³-hybridized carbons (Fsp3) is 0.471. The Labute approximate surface area is 146 Å². The third-order valence-electron chi connectivity index (χ3n) is 3.65. The predicted molar refractivity (Wildman–Crippen MR) is 91.5 cm³/mol. The van der Waals surface area contributed by atoms with E-state index < -0.39 is 6.04 Å². The number of nitrogens with zero attached hydrogens (tertiary/aromatic N) is 2. The van der Waals surface area contributed by atoms with Crippen molar-refractivity contribution in [2.24, 2.45) is 0 Å². The minimum absolute atomic E-state index is 0.0635. The molecule has 24 heavy (non-hydrogen) atoms. The average molecular weight is 347 g/mol. The zero-order valence-electron chi connectivity index (χ0n) is 13.7. The van der Waals surface area contributed by atoms with Gasteiger partial charge in [0.1, 0.15) is 6.04 Å². The van der Waals surface area contributed by atoms with Crippen LogP contribution in [0.1, 0.15) is 18.9 Å². The summed E-state index contributed by atoms with van der Waals surface area (Å²) in [5, 5.41) is 11.5. The maximum absolute atomic E-state index is 12.2. The Morgan fingerprint density at radius 1 is 1.33 bits per heavy atom. The second-order valence-corrected chi connectivity index (χ2v) is 6.63. The molecule has 0 bridgehead atoms. The van der Waals surface area contributed by atoms with Gasteiger partial charge in [-0.05, 0) is 31.2 Å². The average Bonchev–Trinajstić information content (AvgIpc) is 2.62. The molecule has 1 aliphatic heterocycles. The molecule has 0 radical (unpaired) electrons. The van der Waals surface area contributed by atoms with E-state index in [1.807, 2.05) is 12.1 Å². The van der Waals surface area contributed by atoms with E-state index in [1.54, 1.807) is 35.7 Å². The van der Waals surface area contributed by atoms with Crippen LogP contribution < -0.4 is 5.32 Å². The Balaban J connectivity index is 1.70. The van der Waals surface area contributed by atoms with Gasteiger partial charge in [0.2, 0.25) is 11.8 Å². The lowest BCUT2D eigenvalue weighted by Gasteiger charge is -2.29. The molecule has 2 rings (SSSR count). The van der Waals surface area contributed by atoms with Crippen LogP contribution in [0.3, 0.4) is 0 Å². The molecule has 128 valence electrons. The van der Waals surface area contributed by atoms with Gasteiger partial charge in [-0.3, -0.25) is 9.59 Å². The molecule has 0 saturated carbocycles. The number of carbonyl (C=O) groups is 2. The largest absolute Gasteiger partial charge is 0.378 e. The maximum atomic E-state index is 12.2. The molecule has 1 saturated heterocycles. The van der Waals surface area contributed by atoms with Crippen molar-refractivity contribution in [3.05, 3.63) is 29.8 Å². The Kier molecular flexibility index (Phi) is 7.09. The van der Waals surface area contributed by atoms with Gasteiger partial charge in [0.25, 0.3) is 0 Å². The van der Waals surface area contributed by atoms with E-state index in [0.29, 0.717) is 44.0 Å². The van der Waals surface area contributed by atoms with Crippen molar-refractivity contribution in [1.29, 1.82) is 5.26 Å². The summed E-state index contributed by atoms with van der Waals surface area (Å²) in [4.78, 5) is 26.9. The molecule has 0 aliphatic carbocycles. The van der Waals surface area contributed by atoms with Crippen molar-refractivity contribution >= 4 is 23.6 Å². The van der Waals surface area contributed by atoms with E-state index in [4.69, 9.17) is 10.00 Å². The first-order valence-corrected chi connectivity index (χ1v) is 8.87. The number of ether oxygens (including phenoxy) is 1. The van der Waals surface area contributed by atoms with E-state index in [-0.39, 0.29) is 11.8 Å². The normalized spacial score (nSPS) is 15.4. The first-order chi connectivity index (χ1) is 11.6. The molecule has 1 fully saturated rings. The van der Waals surface area contributed by atoms with Crippen molar-refractivity contribution in [2.75, 3.05) is 32.1 Å². The Morgan fingerprint density at radius 2 is 2.00 bits per heavy atom. The van der Waals surface area contributed by atoms with Crippen LogP contribution >= 0.6 is 11.8 Å². The molecule has 0 spiro atoms. The molecule has 6 nitrogen and oxygen atoms in total. The summed E-state index contributed by atoms with van der Waals surface area (Å²) in [7, 11) is 0. The molecule has 0 aromatic heterocycles. The summed E-state index contributed by atoms with van der Waals surface area (Å²) in [5.41, 5.74) is 0.618. The van der Waals surface area contributed by atoms with Gasteiger partial charge in [-0.1, -0.05) is 0 Å². The first kappa shape index (κ1) is 18.3. The molecular formula is C17H21N3O3S. The Morgan fingerprint density at radius 3 is 2.62 bits per heavy atom. The van der Waals surface area contributed by atoms with Gasteiger partial charge in [-0.25, -0.2) is 0 Å². The summed E-state index contributed by atoms with van der Waals surface area (Å²) >= 11 is 1.55. The second kappa shape index (κ2) is 9.30. The van der Waals surface area contributed by atoms with Crippen LogP contribution in [0.25, 0.3) is 0 Å². The van der Waals surface area contributed by atoms with E-state index >= 15 is 0 Å². The molecule has 0 unspecified atom stereocenters. The molecule has 1 aliphatic rings. The minimum Gasteiger partial charge on any atom is -0.378 e. The summed E-state index contributed by atoms with van der Waals surface area (Å²) in [6.07, 6.45) is 0.339. The fourth-order valence-corrected chi connectivity index (χ4v) is 3.17. The maximum Gasteiger partial charge on any atom is 0.245 e. The topological polar surface area (TPSA) is 82.4 Å². The number of thioether (sulfide) groups is 1. The lowest BCUT2D eigenvalue weighted by atomic mass is 10.2. The molecule has 2 amide bonds. The number of hydrogen-bond acceptors (Lipinski definition) is 5. The van der Waals surface area contributed by atoms with Crippen LogP contribution in [-0.4, -0.2) is 54.8 Å². The predicted octanol–water partition coefficient (Wildman–Crippen LogP) is 1.40. The van der Waals surface area contributed by atoms with E-state index in [1.165, 1.54) is 0 Å². The summed E-state index contributed by atoms with van der Waals surface area (Å²) in [5.74, 6) is 0.424. The van der Waals surface area contributed by atoms with Gasteiger partial charge in [-0.15, -0.1) is 11.8 Å². The zero-order valence-corrected chi connectivity index (χ0v) is 14.5. The molecular weight excluding hydrogens is 326 g/mol. The van der Waals surface area contributed by atoms with Gasteiger partial charge in [-0.2, -0.15) is 5.26 Å². The van der Waals surface area contributed by atoms with Crippen LogP contribution in [0.5, 0.6) is 0 Å². The highest BCUT2D eigenvalue weighted by Crippen LogP contribution is 2.19. The number of amides is 2. The highest BCUT2D eigenvalue weighted by atomic mass is 32.2. The van der Waals surface area contributed by atoms with Crippen LogP contribution in [-0.2, 0) is 14.3 Å². The number of rotatable bonds is 6. The summed E-state index contributed by atoms with van der Waals surface area (Å²) in [6.45, 7) is 3.96. The number of nitriles is 1. The van der Waals surface area contributed by atoms with Crippen LogP contribution in [0.2, 0.25) is 0 Å². The molecule has 1 aromatic rings. The molecule has 1 atom stereocenters. The lowest BCUT2D eigenvalue weighted by Crippen LogP contribution is -2.50. The zero-order chi connectivity index (χ0) is 17.4. The van der Waals surface area contributed by atoms with Gasteiger partial charge in [0.15, 0.2) is 0 Å². The molecule has 1 heterocycles. The van der Waals surface area contributed by atoms with Gasteiger partial charge in [0, 0.05) is 30.2 Å². The van der Waals surface area contributed by atoms with E-state index in [2.05, 4.69) is 11.4 Å². The van der Waals surface area contributed by atoms with Gasteiger partial charge >= 0.3 is 0 Å². The molecule has 7 heteroatoms. The first-order valence-electron chi connectivity index (χ1n) is 7.89. The third-order valence-corrected chi connectivity index (χ3v) is 4.67. The van der Waals surface area contributed by atoms with Crippen molar-refractivity contribution in [3.63, 3.8) is 0 Å². The highest BCUT2D eigenvalue weighted by Gasteiger charge is 2.23. The summed E-state index contributed by atoms with van der Waals surface area (Å²) in [6, 6.07) is 8.80. The van der Waals surface area contributed by atoms with Crippen LogP contribution in [0.15, 0.2) is 29.2 Å². The van der Waals surface area contributed by atoms with E-state index in [0.717, 1.165) is 4.90 Å². The number of hydrogen-bond donors (Lipinski definition) is 1. The van der Waals surface area contributed by atoms with Crippen molar-refractivity contribution in [1.82, 2.24) is 10.2 Å². The van der Waals surface area contributed by atoms with Crippen molar-refractivity contribution in [2.45, 2.75) is 24.3 Å². The Bertz CT molecular complexity index is 607. The second-order valence-electron chi connectivity index (χ2n) is 5.46. The quantitative estimate of drug-likeness (QED) is 0.787. The number of morpholine rings is 1. The van der Waals surface area contributed by atoms with Crippen molar-refractivity contribution < 1.29 is 14.3 Å². The molecule has 1 aromatic carbocycles. The fourth-order valence-electron chi connectivity index (χ4n) is 2.32. The SMILES string of the molecule is C[C@H](NC(=O)CCSc1ccc(C#N)cc1)C(=O)N1CCOCC1.